The zero-order valence-corrected chi connectivity index (χ0v) is 11.4. The molecule has 0 spiro atoms. The Hall–Kier alpha value is -2.16. The van der Waals surface area contributed by atoms with Crippen LogP contribution in [0.4, 0.5) is 11.6 Å². The molecule has 0 saturated heterocycles. The average molecular weight is 251 g/mol. The highest BCUT2D eigenvalue weighted by molar-refractivity contribution is 5.82. The minimum Gasteiger partial charge on any atom is -0.325 e. The molecule has 96 valence electrons. The predicted molar refractivity (Wildman–Crippen MR) is 78.3 cm³/mol. The fraction of sp³-hybridized carbons (Fsp3) is 0.250. The first kappa shape index (κ1) is 11.9. The quantitative estimate of drug-likeness (QED) is 0.897. The van der Waals surface area contributed by atoms with Gasteiger partial charge in [0.1, 0.15) is 11.6 Å². The monoisotopic (exact) mass is 251 g/mol. The molecule has 3 rings (SSSR count). The second-order valence-corrected chi connectivity index (χ2v) is 5.53. The van der Waals surface area contributed by atoms with Gasteiger partial charge in [0, 0.05) is 11.6 Å². The Morgan fingerprint density at radius 1 is 1.11 bits per heavy atom. The average Bonchev–Trinajstić information content (AvgIpc) is 2.99. The molecule has 3 heteroatoms. The van der Waals surface area contributed by atoms with Gasteiger partial charge >= 0.3 is 0 Å². The lowest BCUT2D eigenvalue weighted by Gasteiger charge is -2.08. The van der Waals surface area contributed by atoms with Crippen LogP contribution in [0.15, 0.2) is 42.6 Å². The lowest BCUT2D eigenvalue weighted by Crippen LogP contribution is -1.99. The fourth-order valence-electron chi connectivity index (χ4n) is 2.12. The van der Waals surface area contributed by atoms with Crippen LogP contribution in [0.2, 0.25) is 0 Å². The van der Waals surface area contributed by atoms with Crippen LogP contribution >= 0.6 is 0 Å². The highest BCUT2D eigenvalue weighted by atomic mass is 15.1. The van der Waals surface area contributed by atoms with Crippen LogP contribution in [-0.4, -0.2) is 9.97 Å². The molecule has 0 atom stereocenters. The van der Waals surface area contributed by atoms with E-state index in [1.807, 2.05) is 31.2 Å². The molecule has 0 radical (unpaired) electrons. The largest absolute Gasteiger partial charge is 0.325 e. The number of pyridine rings is 2. The predicted octanol–water partition coefficient (Wildman–Crippen LogP) is 3.95. The van der Waals surface area contributed by atoms with E-state index < -0.39 is 0 Å². The van der Waals surface area contributed by atoms with Crippen molar-refractivity contribution in [1.82, 2.24) is 9.97 Å². The molecule has 0 unspecified atom stereocenters. The zero-order valence-electron chi connectivity index (χ0n) is 11.4. The summed E-state index contributed by atoms with van der Waals surface area (Å²) in [6, 6.07) is 10.0. The molecule has 3 nitrogen and oxygen atoms in total. The van der Waals surface area contributed by atoms with Gasteiger partial charge in [-0.2, -0.15) is 0 Å². The van der Waals surface area contributed by atoms with Gasteiger partial charge in [-0.25, -0.2) is 9.97 Å². The van der Waals surface area contributed by atoms with E-state index >= 15 is 0 Å². The summed E-state index contributed by atoms with van der Waals surface area (Å²) in [7, 11) is 0. The number of hydrogen-bond acceptors (Lipinski definition) is 3. The van der Waals surface area contributed by atoms with Gasteiger partial charge in [0.05, 0.1) is 5.69 Å². The Morgan fingerprint density at radius 2 is 1.89 bits per heavy atom. The van der Waals surface area contributed by atoms with Crippen molar-refractivity contribution in [2.24, 2.45) is 5.41 Å². The van der Waals surface area contributed by atoms with E-state index in [4.69, 9.17) is 0 Å². The Morgan fingerprint density at radius 3 is 2.58 bits per heavy atom. The molecule has 2 heterocycles. The number of nitrogens with zero attached hydrogens (tertiary/aromatic N) is 2. The summed E-state index contributed by atoms with van der Waals surface area (Å²) in [6.45, 7) is 6.45. The van der Waals surface area contributed by atoms with Crippen molar-refractivity contribution in [2.75, 3.05) is 5.32 Å². The van der Waals surface area contributed by atoms with Gasteiger partial charge in [0.2, 0.25) is 0 Å². The Kier molecular flexibility index (Phi) is 2.63. The maximum atomic E-state index is 4.64. The number of rotatable bonds is 3. The Labute approximate surface area is 113 Å². The highest BCUT2D eigenvalue weighted by Crippen LogP contribution is 2.49. The standard InChI is InChI=1S/C16H17N3/c1-11-7-8-17-15(9-11)19-14-6-4-5-13(18-14)12-10-16(12,2)3/h4-10H,1-3H3,(H,17,18,19). The highest BCUT2D eigenvalue weighted by Gasteiger charge is 2.35. The van der Waals surface area contributed by atoms with Crippen molar-refractivity contribution in [3.63, 3.8) is 0 Å². The van der Waals surface area contributed by atoms with Gasteiger partial charge in [-0.05, 0) is 42.3 Å². The van der Waals surface area contributed by atoms with Gasteiger partial charge in [-0.1, -0.05) is 26.0 Å². The SMILES string of the molecule is Cc1ccnc(Nc2cccc(C3=CC3(C)C)n2)c1. The summed E-state index contributed by atoms with van der Waals surface area (Å²) < 4.78 is 0. The maximum Gasteiger partial charge on any atom is 0.132 e. The van der Waals surface area contributed by atoms with E-state index in [2.05, 4.69) is 41.3 Å². The van der Waals surface area contributed by atoms with E-state index in [0.717, 1.165) is 17.3 Å². The van der Waals surface area contributed by atoms with Crippen molar-refractivity contribution in [3.05, 3.63) is 53.9 Å². The van der Waals surface area contributed by atoms with E-state index in [9.17, 15) is 0 Å². The van der Waals surface area contributed by atoms with Gasteiger partial charge in [-0.15, -0.1) is 0 Å². The molecule has 0 saturated carbocycles. The van der Waals surface area contributed by atoms with Gasteiger partial charge in [-0.3, -0.25) is 0 Å². The lowest BCUT2D eigenvalue weighted by atomic mass is 10.0. The molecule has 2 aromatic rings. The molecule has 0 fully saturated rings. The van der Waals surface area contributed by atoms with E-state index in [1.165, 1.54) is 11.1 Å². The zero-order chi connectivity index (χ0) is 13.5. The summed E-state index contributed by atoms with van der Waals surface area (Å²) in [6.07, 6.45) is 4.04. The summed E-state index contributed by atoms with van der Waals surface area (Å²) in [5.41, 5.74) is 3.74. The third kappa shape index (κ3) is 2.50. The molecule has 0 bridgehead atoms. The van der Waals surface area contributed by atoms with Gasteiger partial charge in [0.15, 0.2) is 0 Å². The molecule has 19 heavy (non-hydrogen) atoms. The van der Waals surface area contributed by atoms with Crippen molar-refractivity contribution in [3.8, 4) is 0 Å². The number of allylic oxidation sites excluding steroid dienone is 2. The van der Waals surface area contributed by atoms with Crippen LogP contribution in [0.3, 0.4) is 0 Å². The molecular weight excluding hydrogens is 234 g/mol. The van der Waals surface area contributed by atoms with Gasteiger partial charge < -0.3 is 5.32 Å². The summed E-state index contributed by atoms with van der Waals surface area (Å²) in [5.74, 6) is 1.66. The molecule has 0 aromatic carbocycles. The first-order valence-electron chi connectivity index (χ1n) is 6.45. The van der Waals surface area contributed by atoms with Crippen molar-refractivity contribution < 1.29 is 0 Å². The first-order chi connectivity index (χ1) is 9.04. The third-order valence-corrected chi connectivity index (χ3v) is 3.31. The van der Waals surface area contributed by atoms with Crippen LogP contribution in [0.5, 0.6) is 0 Å². The van der Waals surface area contributed by atoms with Crippen molar-refractivity contribution in [2.45, 2.75) is 20.8 Å². The molecular formula is C16H17N3. The normalized spacial score (nSPS) is 15.8. The lowest BCUT2D eigenvalue weighted by molar-refractivity contribution is 0.743. The van der Waals surface area contributed by atoms with E-state index in [-0.39, 0.29) is 5.41 Å². The number of anilines is 2. The number of aromatic nitrogens is 2. The summed E-state index contributed by atoms with van der Waals surface area (Å²) >= 11 is 0. The minimum atomic E-state index is 0.202. The first-order valence-corrected chi connectivity index (χ1v) is 6.45. The van der Waals surface area contributed by atoms with Crippen LogP contribution in [-0.2, 0) is 0 Å². The smallest absolute Gasteiger partial charge is 0.132 e. The minimum absolute atomic E-state index is 0.202. The fourth-order valence-corrected chi connectivity index (χ4v) is 2.12. The maximum absolute atomic E-state index is 4.64. The second kappa shape index (κ2) is 4.19. The second-order valence-electron chi connectivity index (χ2n) is 5.53. The number of nitrogens with one attached hydrogen (secondary N) is 1. The van der Waals surface area contributed by atoms with Crippen molar-refractivity contribution in [1.29, 1.82) is 0 Å². The molecule has 0 amide bonds. The van der Waals surface area contributed by atoms with Crippen LogP contribution in [0, 0.1) is 12.3 Å². The molecule has 1 N–H and O–H groups in total. The molecule has 1 aliphatic carbocycles. The number of hydrogen-bond donors (Lipinski definition) is 1. The van der Waals surface area contributed by atoms with Crippen molar-refractivity contribution >= 4 is 17.2 Å². The molecule has 0 aliphatic heterocycles. The van der Waals surface area contributed by atoms with Crippen LogP contribution in [0.25, 0.3) is 5.57 Å². The molecule has 2 aromatic heterocycles. The summed E-state index contributed by atoms with van der Waals surface area (Å²) in [5, 5.41) is 3.25. The summed E-state index contributed by atoms with van der Waals surface area (Å²) in [4.78, 5) is 8.92. The topological polar surface area (TPSA) is 37.8 Å². The number of aryl methyl sites for hydroxylation is 1. The van der Waals surface area contributed by atoms with Gasteiger partial charge in [0.25, 0.3) is 0 Å². The third-order valence-electron chi connectivity index (χ3n) is 3.31. The molecule has 1 aliphatic rings. The van der Waals surface area contributed by atoms with E-state index in [1.54, 1.807) is 6.20 Å². The Bertz CT molecular complexity index is 657. The van der Waals surface area contributed by atoms with Crippen LogP contribution in [0.1, 0.15) is 25.1 Å². The Balaban J connectivity index is 1.83. The van der Waals surface area contributed by atoms with E-state index in [0.29, 0.717) is 0 Å². The van der Waals surface area contributed by atoms with Crippen LogP contribution < -0.4 is 5.32 Å².